The molecule has 7 heteroatoms. The number of ether oxygens (including phenoxy) is 1. The molecule has 0 spiro atoms. The van der Waals surface area contributed by atoms with Crippen LogP contribution in [0.15, 0.2) is 18.7 Å². The zero-order valence-electron chi connectivity index (χ0n) is 15.8. The van der Waals surface area contributed by atoms with Crippen LogP contribution in [-0.4, -0.2) is 52.3 Å². The third-order valence-electron chi connectivity index (χ3n) is 4.94. The number of carbonyl (C=O) groups is 2. The van der Waals surface area contributed by atoms with Gasteiger partial charge >= 0.3 is 6.09 Å². The third kappa shape index (κ3) is 4.08. The number of amides is 2. The predicted molar refractivity (Wildman–Crippen MR) is 99.0 cm³/mol. The van der Waals surface area contributed by atoms with Gasteiger partial charge in [-0.2, -0.15) is 5.10 Å². The van der Waals surface area contributed by atoms with E-state index in [1.807, 2.05) is 32.9 Å². The van der Waals surface area contributed by atoms with Crippen molar-refractivity contribution in [2.24, 2.45) is 5.92 Å². The quantitative estimate of drug-likeness (QED) is 0.840. The lowest BCUT2D eigenvalue weighted by Crippen LogP contribution is -2.41. The van der Waals surface area contributed by atoms with E-state index in [0.717, 1.165) is 18.5 Å². The molecule has 0 aromatic carbocycles. The maximum absolute atomic E-state index is 12.2. The molecule has 1 aromatic rings. The molecule has 2 aliphatic heterocycles. The molecule has 0 aliphatic carbocycles. The standard InChI is InChI=1S/C19H28N4O3/c1-5-13-10-17(24)23(12-13)16-11-15(20-21-16)14-6-8-22(9-7-14)18(25)26-19(2,3)4/h5,11,13-14H,1,6-10,12H2,2-4H3,(H,20,21). The van der Waals surface area contributed by atoms with Gasteiger partial charge in [-0.25, -0.2) is 4.79 Å². The molecule has 2 aliphatic rings. The van der Waals surface area contributed by atoms with Crippen LogP contribution in [0.4, 0.5) is 10.6 Å². The highest BCUT2D eigenvalue weighted by Crippen LogP contribution is 2.31. The van der Waals surface area contributed by atoms with Gasteiger partial charge in [-0.1, -0.05) is 6.08 Å². The van der Waals surface area contributed by atoms with E-state index < -0.39 is 5.60 Å². The van der Waals surface area contributed by atoms with Crippen molar-refractivity contribution in [3.05, 3.63) is 24.4 Å². The molecule has 2 amide bonds. The number of aromatic amines is 1. The summed E-state index contributed by atoms with van der Waals surface area (Å²) in [5.41, 5.74) is 0.552. The number of anilines is 1. The van der Waals surface area contributed by atoms with Gasteiger partial charge in [0.15, 0.2) is 5.82 Å². The Morgan fingerprint density at radius 1 is 1.38 bits per heavy atom. The molecule has 3 heterocycles. The monoisotopic (exact) mass is 360 g/mol. The van der Waals surface area contributed by atoms with Crippen LogP contribution in [-0.2, 0) is 9.53 Å². The second kappa shape index (κ2) is 7.13. The number of nitrogens with one attached hydrogen (secondary N) is 1. The average Bonchev–Trinajstić information content (AvgIpc) is 3.19. The van der Waals surface area contributed by atoms with Gasteiger partial charge in [0.2, 0.25) is 5.91 Å². The molecule has 7 nitrogen and oxygen atoms in total. The zero-order valence-corrected chi connectivity index (χ0v) is 15.8. The molecule has 1 atom stereocenters. The molecule has 1 unspecified atom stereocenters. The summed E-state index contributed by atoms with van der Waals surface area (Å²) in [6.45, 7) is 11.4. The number of aromatic nitrogens is 2. The Hall–Kier alpha value is -2.31. The average molecular weight is 360 g/mol. The van der Waals surface area contributed by atoms with Crippen molar-refractivity contribution in [3.63, 3.8) is 0 Å². The van der Waals surface area contributed by atoms with E-state index in [0.29, 0.717) is 37.8 Å². The van der Waals surface area contributed by atoms with Gasteiger partial charge < -0.3 is 9.64 Å². The van der Waals surface area contributed by atoms with E-state index in [4.69, 9.17) is 4.74 Å². The van der Waals surface area contributed by atoms with Crippen molar-refractivity contribution in [1.29, 1.82) is 0 Å². The first-order valence-corrected chi connectivity index (χ1v) is 9.23. The first kappa shape index (κ1) is 18.5. The number of nitrogens with zero attached hydrogens (tertiary/aromatic N) is 3. The normalized spacial score (nSPS) is 22.0. The third-order valence-corrected chi connectivity index (χ3v) is 4.94. The minimum atomic E-state index is -0.474. The number of hydrogen-bond donors (Lipinski definition) is 1. The molecule has 2 fully saturated rings. The zero-order chi connectivity index (χ0) is 18.9. The van der Waals surface area contributed by atoms with Crippen LogP contribution >= 0.6 is 0 Å². The first-order valence-electron chi connectivity index (χ1n) is 9.23. The van der Waals surface area contributed by atoms with Crippen LogP contribution in [0.5, 0.6) is 0 Å². The molecule has 0 bridgehead atoms. The summed E-state index contributed by atoms with van der Waals surface area (Å²) in [6, 6.07) is 1.97. The number of H-pyrrole nitrogens is 1. The highest BCUT2D eigenvalue weighted by Gasteiger charge is 2.32. The lowest BCUT2D eigenvalue weighted by molar-refractivity contribution is -0.117. The summed E-state index contributed by atoms with van der Waals surface area (Å²) in [5.74, 6) is 1.28. The van der Waals surface area contributed by atoms with Gasteiger partial charge in [-0.3, -0.25) is 14.8 Å². The van der Waals surface area contributed by atoms with E-state index in [1.54, 1.807) is 9.80 Å². The Bertz CT molecular complexity index is 683. The molecule has 0 saturated carbocycles. The van der Waals surface area contributed by atoms with E-state index in [9.17, 15) is 9.59 Å². The van der Waals surface area contributed by atoms with Crippen molar-refractivity contribution in [1.82, 2.24) is 15.1 Å². The molecule has 26 heavy (non-hydrogen) atoms. The SMILES string of the molecule is C=CC1CC(=O)N(c2cc(C3CCN(C(=O)OC(C)(C)C)CC3)[nH]n2)C1. The van der Waals surface area contributed by atoms with Crippen molar-refractivity contribution >= 4 is 17.8 Å². The molecular formula is C19H28N4O3. The summed E-state index contributed by atoms with van der Waals surface area (Å²) in [4.78, 5) is 27.8. The van der Waals surface area contributed by atoms with Gasteiger partial charge in [0.25, 0.3) is 0 Å². The highest BCUT2D eigenvalue weighted by molar-refractivity contribution is 5.95. The Kier molecular flexibility index (Phi) is 5.07. The van der Waals surface area contributed by atoms with Crippen molar-refractivity contribution < 1.29 is 14.3 Å². The summed E-state index contributed by atoms with van der Waals surface area (Å²) in [5, 5.41) is 7.42. The number of carbonyl (C=O) groups excluding carboxylic acids is 2. The maximum atomic E-state index is 12.2. The molecular weight excluding hydrogens is 332 g/mol. The molecule has 1 aromatic heterocycles. The maximum Gasteiger partial charge on any atom is 0.410 e. The molecule has 142 valence electrons. The summed E-state index contributed by atoms with van der Waals surface area (Å²) in [6.07, 6.45) is 3.78. The fourth-order valence-corrected chi connectivity index (χ4v) is 3.49. The van der Waals surface area contributed by atoms with Gasteiger partial charge in [0.1, 0.15) is 5.60 Å². The lowest BCUT2D eigenvalue weighted by Gasteiger charge is -2.33. The molecule has 3 rings (SSSR count). The van der Waals surface area contributed by atoms with E-state index in [1.165, 1.54) is 0 Å². The van der Waals surface area contributed by atoms with Crippen LogP contribution in [0.1, 0.15) is 51.6 Å². The molecule has 0 radical (unpaired) electrons. The van der Waals surface area contributed by atoms with E-state index in [2.05, 4.69) is 16.8 Å². The van der Waals surface area contributed by atoms with E-state index in [-0.39, 0.29) is 17.9 Å². The predicted octanol–water partition coefficient (Wildman–Crippen LogP) is 3.06. The molecule has 1 N–H and O–H groups in total. The largest absolute Gasteiger partial charge is 0.444 e. The van der Waals surface area contributed by atoms with Crippen molar-refractivity contribution in [3.8, 4) is 0 Å². The first-order chi connectivity index (χ1) is 12.3. The van der Waals surface area contributed by atoms with Gasteiger partial charge in [-0.05, 0) is 33.6 Å². The second-order valence-corrected chi connectivity index (χ2v) is 8.13. The topological polar surface area (TPSA) is 78.5 Å². The Labute approximate surface area is 154 Å². The Morgan fingerprint density at radius 2 is 2.08 bits per heavy atom. The minimum Gasteiger partial charge on any atom is -0.444 e. The van der Waals surface area contributed by atoms with Crippen molar-refractivity contribution in [2.45, 2.75) is 51.6 Å². The Balaban J connectivity index is 1.57. The summed E-state index contributed by atoms with van der Waals surface area (Å²) < 4.78 is 5.44. The smallest absolute Gasteiger partial charge is 0.410 e. The van der Waals surface area contributed by atoms with E-state index >= 15 is 0 Å². The minimum absolute atomic E-state index is 0.0905. The lowest BCUT2D eigenvalue weighted by atomic mass is 9.94. The fraction of sp³-hybridized carbons (Fsp3) is 0.632. The van der Waals surface area contributed by atoms with Crippen LogP contribution in [0.3, 0.4) is 0 Å². The van der Waals surface area contributed by atoms with Crippen LogP contribution in [0, 0.1) is 5.92 Å². The Morgan fingerprint density at radius 3 is 2.65 bits per heavy atom. The number of piperidine rings is 1. The number of rotatable bonds is 3. The van der Waals surface area contributed by atoms with Crippen LogP contribution in [0.2, 0.25) is 0 Å². The van der Waals surface area contributed by atoms with Gasteiger partial charge in [0, 0.05) is 49.7 Å². The van der Waals surface area contributed by atoms with Gasteiger partial charge in [-0.15, -0.1) is 6.58 Å². The van der Waals surface area contributed by atoms with Crippen LogP contribution in [0.25, 0.3) is 0 Å². The van der Waals surface area contributed by atoms with Crippen LogP contribution < -0.4 is 4.90 Å². The number of hydrogen-bond acceptors (Lipinski definition) is 4. The highest BCUT2D eigenvalue weighted by atomic mass is 16.6. The summed E-state index contributed by atoms with van der Waals surface area (Å²) >= 11 is 0. The van der Waals surface area contributed by atoms with Crippen molar-refractivity contribution in [2.75, 3.05) is 24.5 Å². The second-order valence-electron chi connectivity index (χ2n) is 8.13. The molecule has 2 saturated heterocycles. The number of likely N-dealkylation sites (tertiary alicyclic amines) is 1. The fourth-order valence-electron chi connectivity index (χ4n) is 3.49. The summed E-state index contributed by atoms with van der Waals surface area (Å²) in [7, 11) is 0. The van der Waals surface area contributed by atoms with Gasteiger partial charge in [0.05, 0.1) is 0 Å².